The predicted octanol–water partition coefficient (Wildman–Crippen LogP) is 2.93. The average Bonchev–Trinajstić information content (AvgIpc) is 3.20. The molecule has 19 heavy (non-hydrogen) atoms. The Morgan fingerprint density at radius 3 is 2.58 bits per heavy atom. The van der Waals surface area contributed by atoms with E-state index in [1.165, 1.54) is 5.56 Å². The van der Waals surface area contributed by atoms with E-state index in [0.29, 0.717) is 19.0 Å². The van der Waals surface area contributed by atoms with Gasteiger partial charge >= 0.3 is 0 Å². The highest BCUT2D eigenvalue weighted by molar-refractivity contribution is 9.10. The van der Waals surface area contributed by atoms with Crippen molar-refractivity contribution < 1.29 is 9.90 Å². The van der Waals surface area contributed by atoms with Crippen LogP contribution in [0.1, 0.15) is 37.7 Å². The monoisotopic (exact) mass is 325 g/mol. The molecule has 4 heteroatoms. The van der Waals surface area contributed by atoms with Crippen LogP contribution in [0.5, 0.6) is 0 Å². The van der Waals surface area contributed by atoms with Crippen LogP contribution < -0.4 is 0 Å². The minimum atomic E-state index is 0.0505. The highest BCUT2D eigenvalue weighted by Crippen LogP contribution is 2.29. The molecule has 1 unspecified atom stereocenters. The van der Waals surface area contributed by atoms with Gasteiger partial charge in [0.25, 0.3) is 0 Å². The number of hydrogen-bond acceptors (Lipinski definition) is 2. The van der Waals surface area contributed by atoms with Crippen LogP contribution in [0.2, 0.25) is 0 Å². The Hall–Kier alpha value is -0.870. The van der Waals surface area contributed by atoms with Crippen molar-refractivity contribution >= 4 is 21.8 Å². The maximum Gasteiger partial charge on any atom is 0.223 e. The molecule has 1 saturated carbocycles. The topological polar surface area (TPSA) is 40.5 Å². The number of rotatable bonds is 6. The molecule has 0 aromatic heterocycles. The van der Waals surface area contributed by atoms with Gasteiger partial charge in [0.2, 0.25) is 5.91 Å². The molecule has 1 atom stereocenters. The molecule has 1 aliphatic rings. The molecule has 1 aliphatic carbocycles. The second-order valence-electron chi connectivity index (χ2n) is 5.20. The maximum atomic E-state index is 12.3. The van der Waals surface area contributed by atoms with Gasteiger partial charge in [0.1, 0.15) is 0 Å². The van der Waals surface area contributed by atoms with E-state index in [0.717, 1.165) is 17.3 Å². The minimum Gasteiger partial charge on any atom is -0.395 e. The molecule has 1 amide bonds. The Kier molecular flexibility index (Phi) is 4.99. The molecule has 1 aromatic rings. The summed E-state index contributed by atoms with van der Waals surface area (Å²) in [6.07, 6.45) is 2.68. The van der Waals surface area contributed by atoms with Crippen LogP contribution in [-0.2, 0) is 4.79 Å². The molecule has 0 saturated heterocycles. The number of hydrogen-bond donors (Lipinski definition) is 1. The maximum absolute atomic E-state index is 12.3. The zero-order valence-electron chi connectivity index (χ0n) is 11.2. The predicted molar refractivity (Wildman–Crippen MR) is 79.0 cm³/mol. The van der Waals surface area contributed by atoms with Crippen molar-refractivity contribution in [2.45, 2.75) is 38.1 Å². The summed E-state index contributed by atoms with van der Waals surface area (Å²) in [5, 5.41) is 9.04. The van der Waals surface area contributed by atoms with Crippen LogP contribution in [0.3, 0.4) is 0 Å². The zero-order chi connectivity index (χ0) is 13.8. The lowest BCUT2D eigenvalue weighted by molar-refractivity contribution is -0.132. The molecule has 1 N–H and O–H groups in total. The molecular formula is C15H20BrNO2. The number of benzene rings is 1. The van der Waals surface area contributed by atoms with Gasteiger partial charge in [-0.2, -0.15) is 0 Å². The summed E-state index contributed by atoms with van der Waals surface area (Å²) in [6.45, 7) is 2.59. The van der Waals surface area contributed by atoms with Crippen LogP contribution in [-0.4, -0.2) is 35.1 Å². The van der Waals surface area contributed by atoms with Crippen LogP contribution in [0.25, 0.3) is 0 Å². The quantitative estimate of drug-likeness (QED) is 0.873. The van der Waals surface area contributed by atoms with E-state index in [1.54, 1.807) is 0 Å². The summed E-state index contributed by atoms with van der Waals surface area (Å²) in [6, 6.07) is 8.48. The summed E-state index contributed by atoms with van der Waals surface area (Å²) < 4.78 is 1.05. The molecule has 0 aliphatic heterocycles. The van der Waals surface area contributed by atoms with Gasteiger partial charge in [0, 0.05) is 23.5 Å². The molecule has 0 radical (unpaired) electrons. The summed E-state index contributed by atoms with van der Waals surface area (Å²) >= 11 is 3.41. The lowest BCUT2D eigenvalue weighted by Crippen LogP contribution is -2.36. The lowest BCUT2D eigenvalue weighted by Gasteiger charge is -2.23. The van der Waals surface area contributed by atoms with Gasteiger partial charge in [-0.15, -0.1) is 0 Å². The van der Waals surface area contributed by atoms with Gasteiger partial charge in [-0.05, 0) is 36.5 Å². The van der Waals surface area contributed by atoms with Gasteiger partial charge in [-0.25, -0.2) is 0 Å². The van der Waals surface area contributed by atoms with E-state index in [4.69, 9.17) is 5.11 Å². The number of aliphatic hydroxyl groups excluding tert-OH is 1. The third kappa shape index (κ3) is 4.05. The fourth-order valence-electron chi connectivity index (χ4n) is 2.29. The third-order valence-electron chi connectivity index (χ3n) is 3.57. The first-order valence-corrected chi connectivity index (χ1v) is 7.57. The van der Waals surface area contributed by atoms with Gasteiger partial charge < -0.3 is 10.0 Å². The molecular weight excluding hydrogens is 306 g/mol. The summed E-state index contributed by atoms with van der Waals surface area (Å²) in [5.74, 6) is 0.368. The van der Waals surface area contributed by atoms with Crippen LogP contribution in [0.4, 0.5) is 0 Å². The van der Waals surface area contributed by atoms with E-state index in [-0.39, 0.29) is 18.4 Å². The van der Waals surface area contributed by atoms with E-state index in [9.17, 15) is 4.79 Å². The fraction of sp³-hybridized carbons (Fsp3) is 0.533. The largest absolute Gasteiger partial charge is 0.395 e. The SMILES string of the molecule is CC(CC(=O)N(CCO)C1CC1)c1ccc(Br)cc1. The van der Waals surface area contributed by atoms with E-state index >= 15 is 0 Å². The van der Waals surface area contributed by atoms with Crippen LogP contribution >= 0.6 is 15.9 Å². The normalized spacial score (nSPS) is 16.2. The first kappa shape index (κ1) is 14.5. The zero-order valence-corrected chi connectivity index (χ0v) is 12.8. The number of carbonyl (C=O) groups excluding carboxylic acids is 1. The molecule has 0 bridgehead atoms. The second kappa shape index (κ2) is 6.53. The third-order valence-corrected chi connectivity index (χ3v) is 4.10. The number of aliphatic hydroxyl groups is 1. The van der Waals surface area contributed by atoms with Crippen molar-refractivity contribution in [2.24, 2.45) is 0 Å². The first-order chi connectivity index (χ1) is 9.11. The van der Waals surface area contributed by atoms with Gasteiger partial charge in [-0.3, -0.25) is 4.79 Å². The van der Waals surface area contributed by atoms with E-state index < -0.39 is 0 Å². The molecule has 1 aromatic carbocycles. The Bertz CT molecular complexity index is 428. The van der Waals surface area contributed by atoms with Crippen molar-refractivity contribution in [3.63, 3.8) is 0 Å². The molecule has 0 heterocycles. The lowest BCUT2D eigenvalue weighted by atomic mass is 9.97. The van der Waals surface area contributed by atoms with E-state index in [1.807, 2.05) is 17.0 Å². The van der Waals surface area contributed by atoms with Crippen molar-refractivity contribution in [1.82, 2.24) is 4.90 Å². The second-order valence-corrected chi connectivity index (χ2v) is 6.11. The highest BCUT2D eigenvalue weighted by Gasteiger charge is 2.32. The summed E-state index contributed by atoms with van der Waals surface area (Å²) in [4.78, 5) is 14.1. The molecule has 1 fully saturated rings. The number of amides is 1. The number of carbonyl (C=O) groups is 1. The summed E-state index contributed by atoms with van der Waals surface area (Å²) in [7, 11) is 0. The molecule has 0 spiro atoms. The number of halogens is 1. The van der Waals surface area contributed by atoms with Gasteiger partial charge in [0.05, 0.1) is 6.61 Å². The van der Waals surface area contributed by atoms with Gasteiger partial charge in [-0.1, -0.05) is 35.0 Å². The van der Waals surface area contributed by atoms with Gasteiger partial charge in [0.15, 0.2) is 0 Å². The summed E-state index contributed by atoms with van der Waals surface area (Å²) in [5.41, 5.74) is 1.18. The van der Waals surface area contributed by atoms with Crippen molar-refractivity contribution in [1.29, 1.82) is 0 Å². The highest BCUT2D eigenvalue weighted by atomic mass is 79.9. The van der Waals surface area contributed by atoms with Crippen LogP contribution in [0.15, 0.2) is 28.7 Å². The van der Waals surface area contributed by atoms with Crippen molar-refractivity contribution in [3.8, 4) is 0 Å². The Balaban J connectivity index is 1.95. The minimum absolute atomic E-state index is 0.0505. The molecule has 2 rings (SSSR count). The average molecular weight is 326 g/mol. The molecule has 104 valence electrons. The Morgan fingerprint density at radius 1 is 1.42 bits per heavy atom. The Morgan fingerprint density at radius 2 is 2.05 bits per heavy atom. The first-order valence-electron chi connectivity index (χ1n) is 6.77. The van der Waals surface area contributed by atoms with Crippen molar-refractivity contribution in [2.75, 3.05) is 13.2 Å². The van der Waals surface area contributed by atoms with Crippen molar-refractivity contribution in [3.05, 3.63) is 34.3 Å². The number of nitrogens with zero attached hydrogens (tertiary/aromatic N) is 1. The fourth-order valence-corrected chi connectivity index (χ4v) is 2.56. The molecule has 3 nitrogen and oxygen atoms in total. The van der Waals surface area contributed by atoms with E-state index in [2.05, 4.69) is 35.0 Å². The standard InChI is InChI=1S/C15H20BrNO2/c1-11(12-2-4-13(16)5-3-12)10-15(19)17(8-9-18)14-6-7-14/h2-5,11,14,18H,6-10H2,1H3. The van der Waals surface area contributed by atoms with Crippen LogP contribution in [0, 0.1) is 0 Å². The smallest absolute Gasteiger partial charge is 0.223 e. The Labute approximate surface area is 122 Å².